The van der Waals surface area contributed by atoms with Gasteiger partial charge in [0.05, 0.1) is 13.2 Å². The van der Waals surface area contributed by atoms with Gasteiger partial charge in [-0.2, -0.15) is 0 Å². The molecule has 0 aromatic heterocycles. The van der Waals surface area contributed by atoms with Crippen molar-refractivity contribution in [3.63, 3.8) is 0 Å². The van der Waals surface area contributed by atoms with Crippen LogP contribution in [0.15, 0.2) is 23.2 Å². The van der Waals surface area contributed by atoms with Gasteiger partial charge in [-0.3, -0.25) is 4.90 Å². The number of aliphatic imine (C=N–C) groups is 1. The van der Waals surface area contributed by atoms with Gasteiger partial charge in [-0.15, -0.1) is 0 Å². The maximum absolute atomic E-state index is 5.90. The molecule has 1 aliphatic heterocycles. The van der Waals surface area contributed by atoms with Gasteiger partial charge >= 0.3 is 0 Å². The summed E-state index contributed by atoms with van der Waals surface area (Å²) in [6, 6.07) is 6.74. The lowest BCUT2D eigenvalue weighted by Gasteiger charge is -2.37. The minimum Gasteiger partial charge on any atom is -0.491 e. The molecule has 2 rings (SSSR count). The third kappa shape index (κ3) is 8.13. The lowest BCUT2D eigenvalue weighted by Crippen LogP contribution is -2.53. The van der Waals surface area contributed by atoms with Gasteiger partial charge in [0, 0.05) is 58.0 Å². The Morgan fingerprint density at radius 1 is 1.13 bits per heavy atom. The fourth-order valence-electron chi connectivity index (χ4n) is 3.56. The number of hydrogen-bond acceptors (Lipinski definition) is 5. The number of piperazine rings is 1. The van der Waals surface area contributed by atoms with E-state index in [0.717, 1.165) is 63.1 Å². The fraction of sp³-hybridized carbons (Fsp3) is 0.696. The van der Waals surface area contributed by atoms with E-state index < -0.39 is 0 Å². The summed E-state index contributed by atoms with van der Waals surface area (Å²) in [5, 5.41) is 6.88. The van der Waals surface area contributed by atoms with Crippen molar-refractivity contribution in [1.82, 2.24) is 20.4 Å². The van der Waals surface area contributed by atoms with Gasteiger partial charge in [-0.25, -0.2) is 4.99 Å². The smallest absolute Gasteiger partial charge is 0.191 e. The molecule has 7 heteroatoms. The standard InChI is InChI=1S/C23H41N5O2/c1-6-24-23(25-17-20(4)28-12-10-27(7-2)11-13-28)26-18-21-9-8-19(3)16-22(21)30-15-14-29-5/h8-9,16,20H,6-7,10-15,17-18H2,1-5H3,(H2,24,25,26). The molecule has 30 heavy (non-hydrogen) atoms. The first kappa shape index (κ1) is 24.4. The van der Waals surface area contributed by atoms with Crippen LogP contribution in [0, 0.1) is 6.92 Å². The van der Waals surface area contributed by atoms with Crippen molar-refractivity contribution in [2.45, 2.75) is 40.3 Å². The number of likely N-dealkylation sites (N-methyl/N-ethyl adjacent to an activating group) is 1. The molecule has 1 fully saturated rings. The van der Waals surface area contributed by atoms with Crippen LogP contribution >= 0.6 is 0 Å². The minimum atomic E-state index is 0.472. The Labute approximate surface area is 182 Å². The van der Waals surface area contributed by atoms with E-state index in [0.29, 0.717) is 25.8 Å². The number of nitrogens with zero attached hydrogens (tertiary/aromatic N) is 3. The second kappa shape index (κ2) is 13.5. The summed E-state index contributed by atoms with van der Waals surface area (Å²) in [4.78, 5) is 9.87. The van der Waals surface area contributed by atoms with Crippen LogP contribution in [0.1, 0.15) is 31.9 Å². The summed E-state index contributed by atoms with van der Waals surface area (Å²) in [5.74, 6) is 1.73. The highest BCUT2D eigenvalue weighted by atomic mass is 16.5. The molecule has 1 atom stereocenters. The highest BCUT2D eigenvalue weighted by Crippen LogP contribution is 2.21. The molecule has 1 aromatic carbocycles. The summed E-state index contributed by atoms with van der Waals surface area (Å²) < 4.78 is 11.0. The Morgan fingerprint density at radius 2 is 1.90 bits per heavy atom. The van der Waals surface area contributed by atoms with E-state index in [9.17, 15) is 0 Å². The predicted molar refractivity (Wildman–Crippen MR) is 125 cm³/mol. The summed E-state index contributed by atoms with van der Waals surface area (Å²) in [5.41, 5.74) is 2.26. The second-order valence-corrected chi connectivity index (χ2v) is 7.85. The lowest BCUT2D eigenvalue weighted by molar-refractivity contribution is 0.107. The molecule has 1 aliphatic rings. The maximum atomic E-state index is 5.90. The normalized spacial score (nSPS) is 17.0. The average Bonchev–Trinajstić information content (AvgIpc) is 2.76. The highest BCUT2D eigenvalue weighted by molar-refractivity contribution is 5.79. The first-order valence-corrected chi connectivity index (χ1v) is 11.3. The molecule has 0 bridgehead atoms. The average molecular weight is 420 g/mol. The Hall–Kier alpha value is -1.83. The number of rotatable bonds is 11. The third-order valence-electron chi connectivity index (χ3n) is 5.56. The van der Waals surface area contributed by atoms with Crippen LogP contribution < -0.4 is 15.4 Å². The summed E-state index contributed by atoms with van der Waals surface area (Å²) in [6.07, 6.45) is 0. The van der Waals surface area contributed by atoms with Crippen molar-refractivity contribution in [1.29, 1.82) is 0 Å². The van der Waals surface area contributed by atoms with Crippen molar-refractivity contribution < 1.29 is 9.47 Å². The quantitative estimate of drug-likeness (QED) is 0.325. The topological polar surface area (TPSA) is 61.4 Å². The molecule has 0 saturated carbocycles. The molecule has 0 aliphatic carbocycles. The van der Waals surface area contributed by atoms with Gasteiger partial charge < -0.3 is 25.0 Å². The first-order valence-electron chi connectivity index (χ1n) is 11.3. The van der Waals surface area contributed by atoms with Crippen molar-refractivity contribution in [2.24, 2.45) is 4.99 Å². The van der Waals surface area contributed by atoms with Crippen LogP contribution in [-0.2, 0) is 11.3 Å². The van der Waals surface area contributed by atoms with Gasteiger partial charge in [0.15, 0.2) is 5.96 Å². The number of methoxy groups -OCH3 is 1. The largest absolute Gasteiger partial charge is 0.491 e. The molecule has 0 spiro atoms. The first-order chi connectivity index (χ1) is 14.6. The zero-order valence-corrected chi connectivity index (χ0v) is 19.5. The SMILES string of the molecule is CCNC(=NCc1ccc(C)cc1OCCOC)NCC(C)N1CCN(CC)CC1. The molecular weight excluding hydrogens is 378 g/mol. The van der Waals surface area contributed by atoms with Gasteiger partial charge in [0.25, 0.3) is 0 Å². The van der Waals surface area contributed by atoms with Crippen LogP contribution in [0.2, 0.25) is 0 Å². The van der Waals surface area contributed by atoms with Crippen molar-refractivity contribution in [3.8, 4) is 5.75 Å². The van der Waals surface area contributed by atoms with E-state index in [4.69, 9.17) is 14.5 Å². The molecule has 2 N–H and O–H groups in total. The van der Waals surface area contributed by atoms with Gasteiger partial charge in [-0.1, -0.05) is 19.1 Å². The number of benzene rings is 1. The van der Waals surface area contributed by atoms with Crippen LogP contribution in [0.3, 0.4) is 0 Å². The Kier molecular flexibility index (Phi) is 11.0. The van der Waals surface area contributed by atoms with Gasteiger partial charge in [0.2, 0.25) is 0 Å². The fourth-order valence-corrected chi connectivity index (χ4v) is 3.56. The van der Waals surface area contributed by atoms with Crippen molar-refractivity contribution >= 4 is 5.96 Å². The number of aryl methyl sites for hydroxylation is 1. The van der Waals surface area contributed by atoms with Crippen LogP contribution in [0.5, 0.6) is 5.75 Å². The highest BCUT2D eigenvalue weighted by Gasteiger charge is 2.20. The molecule has 0 radical (unpaired) electrons. The monoisotopic (exact) mass is 419 g/mol. The van der Waals surface area contributed by atoms with Crippen LogP contribution in [-0.4, -0.2) is 87.9 Å². The van der Waals surface area contributed by atoms with E-state index in [1.165, 1.54) is 5.56 Å². The molecular formula is C23H41N5O2. The number of guanidine groups is 1. The summed E-state index contributed by atoms with van der Waals surface area (Å²) in [7, 11) is 1.68. The molecule has 7 nitrogen and oxygen atoms in total. The van der Waals surface area contributed by atoms with E-state index >= 15 is 0 Å². The van der Waals surface area contributed by atoms with Crippen molar-refractivity contribution in [3.05, 3.63) is 29.3 Å². The van der Waals surface area contributed by atoms with E-state index in [1.807, 2.05) is 0 Å². The van der Waals surface area contributed by atoms with E-state index in [1.54, 1.807) is 7.11 Å². The molecule has 1 saturated heterocycles. The molecule has 1 unspecified atom stereocenters. The Balaban J connectivity index is 1.92. The van der Waals surface area contributed by atoms with Gasteiger partial charge in [-0.05, 0) is 38.9 Å². The number of nitrogens with one attached hydrogen (secondary N) is 2. The van der Waals surface area contributed by atoms with Crippen molar-refractivity contribution in [2.75, 3.05) is 66.1 Å². The third-order valence-corrected chi connectivity index (χ3v) is 5.56. The molecule has 1 heterocycles. The lowest BCUT2D eigenvalue weighted by atomic mass is 10.1. The Bertz CT molecular complexity index is 644. The molecule has 1 aromatic rings. The summed E-state index contributed by atoms with van der Waals surface area (Å²) >= 11 is 0. The zero-order chi connectivity index (χ0) is 21.8. The minimum absolute atomic E-state index is 0.472. The van der Waals surface area contributed by atoms with Crippen LogP contribution in [0.25, 0.3) is 0 Å². The molecule has 170 valence electrons. The molecule has 0 amide bonds. The van der Waals surface area contributed by atoms with Gasteiger partial charge in [0.1, 0.15) is 12.4 Å². The van der Waals surface area contributed by atoms with E-state index in [2.05, 4.69) is 66.3 Å². The zero-order valence-electron chi connectivity index (χ0n) is 19.5. The number of hydrogen-bond donors (Lipinski definition) is 2. The summed E-state index contributed by atoms with van der Waals surface area (Å²) in [6.45, 7) is 17.8. The predicted octanol–water partition coefficient (Wildman–Crippen LogP) is 2.10. The van der Waals surface area contributed by atoms with Crippen LogP contribution in [0.4, 0.5) is 0 Å². The second-order valence-electron chi connectivity index (χ2n) is 7.85. The van der Waals surface area contributed by atoms with E-state index in [-0.39, 0.29) is 0 Å². The maximum Gasteiger partial charge on any atom is 0.191 e. The number of ether oxygens (including phenoxy) is 2. The Morgan fingerprint density at radius 3 is 2.57 bits per heavy atom.